The average Bonchev–Trinajstić information content (AvgIpc) is 2.46. The summed E-state index contributed by atoms with van der Waals surface area (Å²) < 4.78 is 24.0. The second kappa shape index (κ2) is 6.87. The topological polar surface area (TPSA) is 38.7 Å². The molecule has 0 amide bonds. The molecule has 1 N–H and O–H groups in total. The third-order valence-corrected chi connectivity index (χ3v) is 2.62. The number of hydrogen-bond donors (Lipinski definition) is 1. The molecule has 19 heavy (non-hydrogen) atoms. The number of benzene rings is 2. The quantitative estimate of drug-likeness (QED) is 0.642. The van der Waals surface area contributed by atoms with Gasteiger partial charge in [-0.3, -0.25) is 0 Å². The lowest BCUT2D eigenvalue weighted by Gasteiger charge is -2.11. The lowest BCUT2D eigenvalue weighted by atomic mass is 10.2. The van der Waals surface area contributed by atoms with Gasteiger partial charge in [0.05, 0.1) is 13.2 Å². The maximum absolute atomic E-state index is 13.5. The van der Waals surface area contributed by atoms with E-state index < -0.39 is 5.82 Å². The summed E-state index contributed by atoms with van der Waals surface area (Å²) in [5.41, 5.74) is 1.42. The minimum atomic E-state index is -0.505. The van der Waals surface area contributed by atoms with Gasteiger partial charge in [-0.1, -0.05) is 42.5 Å². The zero-order valence-corrected chi connectivity index (χ0v) is 10.4. The van der Waals surface area contributed by atoms with Crippen LogP contribution in [-0.2, 0) is 18.0 Å². The molecule has 0 radical (unpaired) electrons. The Hall–Kier alpha value is -1.91. The van der Waals surface area contributed by atoms with Crippen molar-refractivity contribution in [1.82, 2.24) is 0 Å². The molecule has 0 saturated heterocycles. The highest BCUT2D eigenvalue weighted by Gasteiger charge is 2.08. The molecular formula is C15H15FO3. The van der Waals surface area contributed by atoms with E-state index in [4.69, 9.17) is 14.6 Å². The van der Waals surface area contributed by atoms with Crippen LogP contribution in [0.4, 0.5) is 4.39 Å². The van der Waals surface area contributed by atoms with Crippen molar-refractivity contribution in [1.29, 1.82) is 0 Å². The predicted octanol–water partition coefficient (Wildman–Crippen LogP) is 2.87. The second-order valence-electron chi connectivity index (χ2n) is 3.98. The number of aliphatic hydroxyl groups excluding tert-OH is 1. The summed E-state index contributed by atoms with van der Waals surface area (Å²) in [5, 5.41) is 9.09. The lowest BCUT2D eigenvalue weighted by molar-refractivity contribution is 0.00191. The van der Waals surface area contributed by atoms with Gasteiger partial charge in [-0.05, 0) is 11.6 Å². The van der Waals surface area contributed by atoms with E-state index in [1.807, 2.05) is 30.3 Å². The molecule has 2 rings (SSSR count). The van der Waals surface area contributed by atoms with Crippen LogP contribution in [0.5, 0.6) is 5.75 Å². The highest BCUT2D eigenvalue weighted by molar-refractivity contribution is 5.34. The van der Waals surface area contributed by atoms with E-state index in [1.165, 1.54) is 12.1 Å². The Morgan fingerprint density at radius 1 is 1.00 bits per heavy atom. The van der Waals surface area contributed by atoms with Crippen molar-refractivity contribution in [3.63, 3.8) is 0 Å². The van der Waals surface area contributed by atoms with Gasteiger partial charge in [0.25, 0.3) is 0 Å². The van der Waals surface area contributed by atoms with Crippen molar-refractivity contribution in [3.8, 4) is 5.75 Å². The van der Waals surface area contributed by atoms with Crippen molar-refractivity contribution in [2.75, 3.05) is 6.79 Å². The molecule has 0 saturated carbocycles. The first kappa shape index (κ1) is 13.5. The standard InChI is InChI=1S/C15H15FO3/c16-14-8-4-7-13(9-17)15(14)19-11-18-10-12-5-2-1-3-6-12/h1-8,17H,9-11H2. The first-order valence-corrected chi connectivity index (χ1v) is 5.94. The molecule has 2 aromatic carbocycles. The molecular weight excluding hydrogens is 247 g/mol. The number of halogens is 1. The summed E-state index contributed by atoms with van der Waals surface area (Å²) in [6, 6.07) is 14.0. The SMILES string of the molecule is OCc1cccc(F)c1OCOCc1ccccc1. The molecule has 0 fully saturated rings. The van der Waals surface area contributed by atoms with E-state index in [-0.39, 0.29) is 19.1 Å². The van der Waals surface area contributed by atoms with Gasteiger partial charge in [0.2, 0.25) is 0 Å². The van der Waals surface area contributed by atoms with Crippen molar-refractivity contribution in [3.05, 3.63) is 65.5 Å². The van der Waals surface area contributed by atoms with Crippen molar-refractivity contribution < 1.29 is 19.0 Å². The maximum Gasteiger partial charge on any atom is 0.189 e. The number of aliphatic hydroxyl groups is 1. The van der Waals surface area contributed by atoms with E-state index in [1.54, 1.807) is 6.07 Å². The zero-order chi connectivity index (χ0) is 13.5. The van der Waals surface area contributed by atoms with E-state index in [0.29, 0.717) is 12.2 Å². The van der Waals surface area contributed by atoms with E-state index in [9.17, 15) is 4.39 Å². The molecule has 0 spiro atoms. The van der Waals surface area contributed by atoms with Gasteiger partial charge < -0.3 is 14.6 Å². The first-order valence-electron chi connectivity index (χ1n) is 5.94. The third-order valence-electron chi connectivity index (χ3n) is 2.62. The Balaban J connectivity index is 1.86. The van der Waals surface area contributed by atoms with Crippen LogP contribution in [0.25, 0.3) is 0 Å². The van der Waals surface area contributed by atoms with Gasteiger partial charge in [-0.2, -0.15) is 0 Å². The third kappa shape index (κ3) is 3.77. The molecule has 0 atom stereocenters. The smallest absolute Gasteiger partial charge is 0.189 e. The lowest BCUT2D eigenvalue weighted by Crippen LogP contribution is -2.06. The van der Waals surface area contributed by atoms with Crippen LogP contribution in [0.1, 0.15) is 11.1 Å². The summed E-state index contributed by atoms with van der Waals surface area (Å²) >= 11 is 0. The fraction of sp³-hybridized carbons (Fsp3) is 0.200. The van der Waals surface area contributed by atoms with Crippen LogP contribution in [0, 0.1) is 5.82 Å². The van der Waals surface area contributed by atoms with Crippen LogP contribution in [0.2, 0.25) is 0 Å². The molecule has 0 unspecified atom stereocenters. The Labute approximate surface area is 111 Å². The van der Waals surface area contributed by atoms with Gasteiger partial charge in [0.1, 0.15) is 0 Å². The Bertz CT molecular complexity index is 514. The highest BCUT2D eigenvalue weighted by atomic mass is 19.1. The Morgan fingerprint density at radius 3 is 2.53 bits per heavy atom. The highest BCUT2D eigenvalue weighted by Crippen LogP contribution is 2.22. The monoisotopic (exact) mass is 262 g/mol. The van der Waals surface area contributed by atoms with Gasteiger partial charge in [-0.15, -0.1) is 0 Å². The molecule has 0 bridgehead atoms. The fourth-order valence-electron chi connectivity index (χ4n) is 1.67. The van der Waals surface area contributed by atoms with E-state index >= 15 is 0 Å². The van der Waals surface area contributed by atoms with Crippen LogP contribution >= 0.6 is 0 Å². The number of para-hydroxylation sites is 1. The molecule has 0 aromatic heterocycles. The normalized spacial score (nSPS) is 10.4. The van der Waals surface area contributed by atoms with Gasteiger partial charge in [0.15, 0.2) is 18.4 Å². The van der Waals surface area contributed by atoms with Crippen molar-refractivity contribution >= 4 is 0 Å². The summed E-state index contributed by atoms with van der Waals surface area (Å²) in [5.74, 6) is -0.465. The summed E-state index contributed by atoms with van der Waals surface area (Å²) in [6.45, 7) is 0.0539. The van der Waals surface area contributed by atoms with E-state index in [2.05, 4.69) is 0 Å². The number of rotatable bonds is 6. The molecule has 2 aromatic rings. The molecule has 100 valence electrons. The van der Waals surface area contributed by atoms with Crippen LogP contribution in [0.3, 0.4) is 0 Å². The van der Waals surface area contributed by atoms with Crippen molar-refractivity contribution in [2.45, 2.75) is 13.2 Å². The molecule has 0 aliphatic heterocycles. The largest absolute Gasteiger partial charge is 0.464 e. The number of ether oxygens (including phenoxy) is 2. The minimum Gasteiger partial charge on any atom is -0.464 e. The van der Waals surface area contributed by atoms with Gasteiger partial charge in [0, 0.05) is 5.56 Å². The molecule has 4 heteroatoms. The zero-order valence-electron chi connectivity index (χ0n) is 10.4. The van der Waals surface area contributed by atoms with Crippen LogP contribution in [-0.4, -0.2) is 11.9 Å². The Morgan fingerprint density at radius 2 is 1.79 bits per heavy atom. The Kier molecular flexibility index (Phi) is 4.89. The molecule has 0 aliphatic carbocycles. The number of hydrogen-bond acceptors (Lipinski definition) is 3. The summed E-state index contributed by atoms with van der Waals surface area (Å²) in [4.78, 5) is 0. The molecule has 0 heterocycles. The van der Waals surface area contributed by atoms with Crippen LogP contribution in [0.15, 0.2) is 48.5 Å². The maximum atomic E-state index is 13.5. The average molecular weight is 262 g/mol. The summed E-state index contributed by atoms with van der Waals surface area (Å²) in [6.07, 6.45) is 0. The molecule has 0 aliphatic rings. The fourth-order valence-corrected chi connectivity index (χ4v) is 1.67. The van der Waals surface area contributed by atoms with Crippen molar-refractivity contribution in [2.24, 2.45) is 0 Å². The second-order valence-corrected chi connectivity index (χ2v) is 3.98. The predicted molar refractivity (Wildman–Crippen MR) is 69.0 cm³/mol. The van der Waals surface area contributed by atoms with Crippen LogP contribution < -0.4 is 4.74 Å². The first-order chi connectivity index (χ1) is 9.31. The van der Waals surface area contributed by atoms with Gasteiger partial charge in [-0.25, -0.2) is 4.39 Å². The van der Waals surface area contributed by atoms with Gasteiger partial charge >= 0.3 is 0 Å². The molecule has 3 nitrogen and oxygen atoms in total. The summed E-state index contributed by atoms with van der Waals surface area (Å²) in [7, 11) is 0. The van der Waals surface area contributed by atoms with E-state index in [0.717, 1.165) is 5.56 Å². The minimum absolute atomic E-state index is 0.0399.